The summed E-state index contributed by atoms with van der Waals surface area (Å²) < 4.78 is 42.4. The highest BCUT2D eigenvalue weighted by molar-refractivity contribution is 6.03. The lowest BCUT2D eigenvalue weighted by Crippen LogP contribution is -2.36. The second-order valence-corrected chi connectivity index (χ2v) is 8.18. The summed E-state index contributed by atoms with van der Waals surface area (Å²) in [6, 6.07) is 14.4. The number of Topliss-reactive ketones (excluding diaryl/α,β-unsaturated/α-hetero) is 1. The van der Waals surface area contributed by atoms with Crippen LogP contribution in [-0.4, -0.2) is 15.3 Å². The molecule has 5 nitrogen and oxygen atoms in total. The molecule has 8 heteroatoms. The molecule has 3 heterocycles. The highest BCUT2D eigenvalue weighted by Crippen LogP contribution is 2.49. The van der Waals surface area contributed by atoms with Gasteiger partial charge in [-0.2, -0.15) is 18.4 Å². The van der Waals surface area contributed by atoms with Crippen molar-refractivity contribution < 1.29 is 18.0 Å². The quantitative estimate of drug-likeness (QED) is 0.488. The maximum atomic E-state index is 13.6. The number of nitriles is 1. The predicted octanol–water partition coefficient (Wildman–Crippen LogP) is 5.91. The van der Waals surface area contributed by atoms with Gasteiger partial charge in [0.25, 0.3) is 0 Å². The Morgan fingerprint density at radius 2 is 1.85 bits per heavy atom. The second-order valence-electron chi connectivity index (χ2n) is 8.18. The van der Waals surface area contributed by atoms with E-state index in [0.29, 0.717) is 41.9 Å². The topological polar surface area (TPSA) is 61.9 Å². The van der Waals surface area contributed by atoms with Gasteiger partial charge in [0.2, 0.25) is 0 Å². The minimum atomic E-state index is -4.53. The Balaban J connectivity index is 1.83. The molecule has 3 aromatic rings. The van der Waals surface area contributed by atoms with Crippen LogP contribution >= 0.6 is 0 Å². The molecule has 1 aliphatic heterocycles. The molecule has 0 N–H and O–H groups in total. The third-order valence-electron chi connectivity index (χ3n) is 6.15. The number of ketones is 1. The van der Waals surface area contributed by atoms with E-state index in [1.807, 2.05) is 6.07 Å². The Morgan fingerprint density at radius 1 is 1.06 bits per heavy atom. The third kappa shape index (κ3) is 3.59. The summed E-state index contributed by atoms with van der Waals surface area (Å²) in [6.07, 6.45) is 3.59. The zero-order chi connectivity index (χ0) is 23.9. The van der Waals surface area contributed by atoms with Crippen LogP contribution in [0.4, 0.5) is 18.9 Å². The molecule has 0 unspecified atom stereocenters. The summed E-state index contributed by atoms with van der Waals surface area (Å²) in [4.78, 5) is 19.1. The second kappa shape index (κ2) is 8.34. The third-order valence-corrected chi connectivity index (χ3v) is 6.15. The van der Waals surface area contributed by atoms with Crippen LogP contribution in [0.1, 0.15) is 36.3 Å². The van der Waals surface area contributed by atoms with Crippen LogP contribution in [0.15, 0.2) is 90.2 Å². The van der Waals surface area contributed by atoms with Crippen LogP contribution in [0.2, 0.25) is 0 Å². The molecule has 0 bridgehead atoms. The number of hydrogen-bond acceptors (Lipinski definition) is 4. The molecular formula is C26H19F3N4O. The molecule has 2 aliphatic rings. The average molecular weight is 460 g/mol. The van der Waals surface area contributed by atoms with Crippen LogP contribution in [0.3, 0.4) is 0 Å². The van der Waals surface area contributed by atoms with Gasteiger partial charge >= 0.3 is 6.18 Å². The summed E-state index contributed by atoms with van der Waals surface area (Å²) in [7, 11) is 0. The summed E-state index contributed by atoms with van der Waals surface area (Å²) >= 11 is 0. The van der Waals surface area contributed by atoms with E-state index in [-0.39, 0.29) is 17.0 Å². The molecule has 0 amide bonds. The molecule has 0 spiro atoms. The highest BCUT2D eigenvalue weighted by Gasteiger charge is 2.42. The van der Waals surface area contributed by atoms with Crippen molar-refractivity contribution in [3.63, 3.8) is 0 Å². The highest BCUT2D eigenvalue weighted by atomic mass is 19.4. The first kappa shape index (κ1) is 21.7. The summed E-state index contributed by atoms with van der Waals surface area (Å²) in [6.45, 7) is 0. The number of carbonyl (C=O) groups is 1. The molecule has 2 aromatic heterocycles. The smallest absolute Gasteiger partial charge is 0.309 e. The van der Waals surface area contributed by atoms with E-state index in [1.54, 1.807) is 58.5 Å². The fourth-order valence-corrected chi connectivity index (χ4v) is 4.75. The molecule has 0 saturated carbocycles. The van der Waals surface area contributed by atoms with Gasteiger partial charge in [-0.1, -0.05) is 12.1 Å². The number of pyridine rings is 1. The van der Waals surface area contributed by atoms with Crippen LogP contribution in [0, 0.1) is 11.3 Å². The first-order valence-electron chi connectivity index (χ1n) is 10.8. The molecule has 170 valence electrons. The molecule has 1 aromatic carbocycles. The van der Waals surface area contributed by atoms with E-state index in [4.69, 9.17) is 0 Å². The largest absolute Gasteiger partial charge is 0.416 e. The molecule has 1 atom stereocenters. The standard InChI is InChI=1S/C26H19F3N4O/c27-26(28,29)18-7-3-8-19(14-18)33-21-9-4-10-22(34)24(21)23(17-6-5-11-31-16-17)20(15-30)25(33)32-12-1-2-13-32/h1-3,5-8,11-14,16,23H,4,9-10H2/t23-/m0/s1. The number of alkyl halides is 3. The van der Waals surface area contributed by atoms with Gasteiger partial charge in [-0.3, -0.25) is 14.7 Å². The van der Waals surface area contributed by atoms with Gasteiger partial charge in [0.05, 0.1) is 23.1 Å². The van der Waals surface area contributed by atoms with Gasteiger partial charge in [0, 0.05) is 48.2 Å². The van der Waals surface area contributed by atoms with E-state index in [0.717, 1.165) is 12.1 Å². The first-order chi connectivity index (χ1) is 16.4. The van der Waals surface area contributed by atoms with E-state index in [1.165, 1.54) is 6.07 Å². The minimum Gasteiger partial charge on any atom is -0.309 e. The van der Waals surface area contributed by atoms with Crippen molar-refractivity contribution in [3.8, 4) is 6.07 Å². The number of aromatic nitrogens is 2. The fourth-order valence-electron chi connectivity index (χ4n) is 4.75. The molecule has 5 rings (SSSR count). The van der Waals surface area contributed by atoms with Crippen molar-refractivity contribution in [1.82, 2.24) is 9.55 Å². The normalized spacial score (nSPS) is 18.7. The number of halogens is 3. The number of allylic oxidation sites excluding steroid dienone is 3. The lowest BCUT2D eigenvalue weighted by atomic mass is 9.76. The lowest BCUT2D eigenvalue weighted by molar-refractivity contribution is -0.137. The zero-order valence-electron chi connectivity index (χ0n) is 18.0. The van der Waals surface area contributed by atoms with Crippen molar-refractivity contribution in [2.45, 2.75) is 31.4 Å². The first-order valence-corrected chi connectivity index (χ1v) is 10.8. The van der Waals surface area contributed by atoms with E-state index in [2.05, 4.69) is 11.1 Å². The number of anilines is 1. The van der Waals surface area contributed by atoms with E-state index >= 15 is 0 Å². The van der Waals surface area contributed by atoms with Gasteiger partial charge < -0.3 is 4.57 Å². The Kier molecular flexibility index (Phi) is 5.33. The number of rotatable bonds is 3. The van der Waals surface area contributed by atoms with Crippen LogP contribution < -0.4 is 4.90 Å². The molecule has 1 aliphatic carbocycles. The van der Waals surface area contributed by atoms with Crippen LogP contribution in [-0.2, 0) is 11.0 Å². The van der Waals surface area contributed by atoms with Gasteiger partial charge in [-0.25, -0.2) is 0 Å². The van der Waals surface area contributed by atoms with Crippen molar-refractivity contribution in [2.24, 2.45) is 0 Å². The Morgan fingerprint density at radius 3 is 2.53 bits per heavy atom. The fraction of sp³-hybridized carbons (Fsp3) is 0.192. The Bertz CT molecular complexity index is 1350. The average Bonchev–Trinajstić information content (AvgIpc) is 3.37. The number of benzene rings is 1. The van der Waals surface area contributed by atoms with Crippen LogP contribution in [0.5, 0.6) is 0 Å². The minimum absolute atomic E-state index is 0.105. The SMILES string of the molecule is N#CC1=C(n2cccc2)N(c2cccc(C(F)(F)F)c2)C2=C(C(=O)CCC2)[C@H]1c1cccnc1. The molecule has 0 saturated heterocycles. The van der Waals surface area contributed by atoms with Gasteiger partial charge in [0.1, 0.15) is 5.82 Å². The van der Waals surface area contributed by atoms with Gasteiger partial charge in [-0.05, 0) is 54.8 Å². The Hall–Kier alpha value is -4.12. The maximum Gasteiger partial charge on any atom is 0.416 e. The van der Waals surface area contributed by atoms with E-state index < -0.39 is 17.7 Å². The predicted molar refractivity (Wildman–Crippen MR) is 120 cm³/mol. The van der Waals surface area contributed by atoms with Crippen molar-refractivity contribution >= 4 is 17.3 Å². The molecule has 0 radical (unpaired) electrons. The molecule has 0 fully saturated rings. The molecular weight excluding hydrogens is 441 g/mol. The maximum absolute atomic E-state index is 13.6. The van der Waals surface area contributed by atoms with Gasteiger partial charge in [0.15, 0.2) is 5.78 Å². The van der Waals surface area contributed by atoms with Crippen molar-refractivity contribution in [3.05, 3.63) is 101 Å². The Labute approximate surface area is 194 Å². The van der Waals surface area contributed by atoms with Gasteiger partial charge in [-0.15, -0.1) is 0 Å². The van der Waals surface area contributed by atoms with Crippen molar-refractivity contribution in [2.75, 3.05) is 4.90 Å². The van der Waals surface area contributed by atoms with Crippen LogP contribution in [0.25, 0.3) is 5.82 Å². The number of hydrogen-bond donors (Lipinski definition) is 0. The zero-order valence-corrected chi connectivity index (χ0v) is 18.0. The summed E-state index contributed by atoms with van der Waals surface area (Å²) in [5, 5.41) is 10.3. The lowest BCUT2D eigenvalue weighted by Gasteiger charge is -2.41. The monoisotopic (exact) mass is 460 g/mol. The molecule has 34 heavy (non-hydrogen) atoms. The number of carbonyl (C=O) groups excluding carboxylic acids is 1. The summed E-state index contributed by atoms with van der Waals surface area (Å²) in [5.41, 5.74) is 1.48. The summed E-state index contributed by atoms with van der Waals surface area (Å²) in [5.74, 6) is -0.346. The van der Waals surface area contributed by atoms with Crippen molar-refractivity contribution in [1.29, 1.82) is 5.26 Å². The van der Waals surface area contributed by atoms with E-state index in [9.17, 15) is 23.2 Å². The number of nitrogens with zero attached hydrogens (tertiary/aromatic N) is 4.